The molecule has 0 saturated heterocycles. The summed E-state index contributed by atoms with van der Waals surface area (Å²) in [6.45, 7) is 0.301. The Bertz CT molecular complexity index is 132. The number of rotatable bonds is 1. The van der Waals surface area contributed by atoms with Crippen LogP contribution in [0.5, 0.6) is 0 Å². The molecule has 1 amide bonds. The predicted octanol–water partition coefficient (Wildman–Crippen LogP) is -1.10. The average molecular weight is 114 g/mol. The van der Waals surface area contributed by atoms with Gasteiger partial charge in [0.05, 0.1) is 0 Å². The fourth-order valence-electron chi connectivity index (χ4n) is 0.449. The summed E-state index contributed by atoms with van der Waals surface area (Å²) >= 11 is 0. The quantitative estimate of drug-likeness (QED) is 0.470. The molecule has 2 N–H and O–H groups in total. The number of hydrogen-bond acceptors (Lipinski definition) is 3. The van der Waals surface area contributed by atoms with Crippen LogP contribution < -0.4 is 5.73 Å². The van der Waals surface area contributed by atoms with E-state index >= 15 is 0 Å². The van der Waals surface area contributed by atoms with Crippen molar-refractivity contribution in [2.45, 2.75) is 6.04 Å². The number of hydrogen-bond donors (Lipinski definition) is 1. The lowest BCUT2D eigenvalue weighted by Crippen LogP contribution is -2.27. The van der Waals surface area contributed by atoms with Crippen molar-refractivity contribution in [3.8, 4) is 0 Å². The van der Waals surface area contributed by atoms with Crippen LogP contribution in [0.15, 0.2) is 4.99 Å². The standard InChI is InChI=1S/C4H6N2O2/c5-4(7)3-1-8-2-6-3/h2-3H,1H2,(H2,5,7). The van der Waals surface area contributed by atoms with Gasteiger partial charge in [0.1, 0.15) is 6.61 Å². The Morgan fingerprint density at radius 1 is 2.00 bits per heavy atom. The highest BCUT2D eigenvalue weighted by Gasteiger charge is 2.16. The van der Waals surface area contributed by atoms with Gasteiger partial charge in [-0.15, -0.1) is 0 Å². The van der Waals surface area contributed by atoms with Gasteiger partial charge in [0, 0.05) is 0 Å². The summed E-state index contributed by atoms with van der Waals surface area (Å²) in [5, 5.41) is 0. The smallest absolute Gasteiger partial charge is 0.245 e. The Morgan fingerprint density at radius 2 is 2.75 bits per heavy atom. The van der Waals surface area contributed by atoms with Gasteiger partial charge >= 0.3 is 0 Å². The van der Waals surface area contributed by atoms with Crippen molar-refractivity contribution in [1.82, 2.24) is 0 Å². The van der Waals surface area contributed by atoms with Gasteiger partial charge in [0.25, 0.3) is 0 Å². The van der Waals surface area contributed by atoms with Crippen LogP contribution >= 0.6 is 0 Å². The first kappa shape index (κ1) is 5.08. The summed E-state index contributed by atoms with van der Waals surface area (Å²) in [5.41, 5.74) is 4.87. The Balaban J connectivity index is 2.48. The topological polar surface area (TPSA) is 64.7 Å². The predicted molar refractivity (Wildman–Crippen MR) is 27.4 cm³/mol. The first-order chi connectivity index (χ1) is 3.80. The van der Waals surface area contributed by atoms with Gasteiger partial charge in [0.15, 0.2) is 12.4 Å². The molecule has 1 atom stereocenters. The second-order valence-corrected chi connectivity index (χ2v) is 1.51. The Kier molecular flexibility index (Phi) is 1.15. The third-order valence-electron chi connectivity index (χ3n) is 0.898. The lowest BCUT2D eigenvalue weighted by atomic mass is 10.3. The monoisotopic (exact) mass is 114 g/mol. The lowest BCUT2D eigenvalue weighted by molar-refractivity contribution is -0.119. The number of carbonyl (C=O) groups is 1. The third kappa shape index (κ3) is 0.776. The molecule has 1 aliphatic heterocycles. The van der Waals surface area contributed by atoms with Gasteiger partial charge in [0.2, 0.25) is 5.91 Å². The van der Waals surface area contributed by atoms with E-state index in [0.717, 1.165) is 0 Å². The zero-order chi connectivity index (χ0) is 5.98. The summed E-state index contributed by atoms with van der Waals surface area (Å²) in [4.78, 5) is 13.8. The van der Waals surface area contributed by atoms with E-state index in [1.165, 1.54) is 6.40 Å². The molecular formula is C4H6N2O2. The molecule has 0 bridgehead atoms. The second kappa shape index (κ2) is 1.81. The van der Waals surface area contributed by atoms with Crippen molar-refractivity contribution in [1.29, 1.82) is 0 Å². The Morgan fingerprint density at radius 3 is 3.00 bits per heavy atom. The summed E-state index contributed by atoms with van der Waals surface area (Å²) in [5.74, 6) is -0.432. The zero-order valence-electron chi connectivity index (χ0n) is 4.20. The molecule has 1 aliphatic rings. The fourth-order valence-corrected chi connectivity index (χ4v) is 0.449. The maximum absolute atomic E-state index is 10.2. The lowest BCUT2D eigenvalue weighted by Gasteiger charge is -1.94. The minimum atomic E-state index is -0.449. The van der Waals surface area contributed by atoms with Gasteiger partial charge < -0.3 is 10.5 Å². The van der Waals surface area contributed by atoms with E-state index in [1.807, 2.05) is 0 Å². The van der Waals surface area contributed by atoms with E-state index < -0.39 is 11.9 Å². The van der Waals surface area contributed by atoms with Crippen molar-refractivity contribution in [3.05, 3.63) is 0 Å². The van der Waals surface area contributed by atoms with E-state index in [0.29, 0.717) is 6.61 Å². The fraction of sp³-hybridized carbons (Fsp3) is 0.500. The van der Waals surface area contributed by atoms with Gasteiger partial charge in [-0.3, -0.25) is 4.79 Å². The summed E-state index contributed by atoms with van der Waals surface area (Å²) < 4.78 is 4.63. The molecule has 4 heteroatoms. The SMILES string of the molecule is NC(=O)C1COC=N1. The number of carbonyl (C=O) groups excluding carboxylic acids is 1. The van der Waals surface area contributed by atoms with E-state index in [4.69, 9.17) is 5.73 Å². The number of aliphatic imine (C=N–C) groups is 1. The largest absolute Gasteiger partial charge is 0.481 e. The molecule has 8 heavy (non-hydrogen) atoms. The van der Waals surface area contributed by atoms with Crippen LogP contribution in [0.25, 0.3) is 0 Å². The maximum atomic E-state index is 10.2. The molecule has 44 valence electrons. The first-order valence-corrected chi connectivity index (χ1v) is 2.23. The highest BCUT2D eigenvalue weighted by molar-refractivity contribution is 5.82. The average Bonchev–Trinajstić information content (AvgIpc) is 2.12. The van der Waals surface area contributed by atoms with E-state index in [9.17, 15) is 4.79 Å². The molecule has 0 radical (unpaired) electrons. The molecule has 0 aromatic heterocycles. The van der Waals surface area contributed by atoms with Crippen LogP contribution in [0.2, 0.25) is 0 Å². The molecule has 0 aromatic rings. The van der Waals surface area contributed by atoms with Crippen LogP contribution in [-0.4, -0.2) is 25.0 Å². The van der Waals surface area contributed by atoms with Crippen molar-refractivity contribution < 1.29 is 9.53 Å². The molecule has 0 fully saturated rings. The molecule has 0 spiro atoms. The second-order valence-electron chi connectivity index (χ2n) is 1.51. The number of primary amides is 1. The van der Waals surface area contributed by atoms with Gasteiger partial charge in [-0.2, -0.15) is 0 Å². The van der Waals surface area contributed by atoms with Crippen molar-refractivity contribution in [2.75, 3.05) is 6.61 Å². The Hall–Kier alpha value is -1.06. The highest BCUT2D eigenvalue weighted by atomic mass is 16.5. The van der Waals surface area contributed by atoms with E-state index in [1.54, 1.807) is 0 Å². The normalized spacial score (nSPS) is 25.2. The van der Waals surface area contributed by atoms with Crippen LogP contribution in [-0.2, 0) is 9.53 Å². The number of nitrogens with two attached hydrogens (primary N) is 1. The highest BCUT2D eigenvalue weighted by Crippen LogP contribution is 1.95. The van der Waals surface area contributed by atoms with Gasteiger partial charge in [-0.05, 0) is 0 Å². The maximum Gasteiger partial charge on any atom is 0.245 e. The van der Waals surface area contributed by atoms with Gasteiger partial charge in [-0.1, -0.05) is 0 Å². The molecule has 0 aromatic carbocycles. The van der Waals surface area contributed by atoms with Crippen molar-refractivity contribution in [2.24, 2.45) is 10.7 Å². The zero-order valence-corrected chi connectivity index (χ0v) is 4.20. The minimum Gasteiger partial charge on any atom is -0.481 e. The van der Waals surface area contributed by atoms with Crippen LogP contribution in [0.3, 0.4) is 0 Å². The molecule has 0 saturated carbocycles. The number of amides is 1. The van der Waals surface area contributed by atoms with Crippen LogP contribution in [0.4, 0.5) is 0 Å². The van der Waals surface area contributed by atoms with E-state index in [-0.39, 0.29) is 0 Å². The number of ether oxygens (including phenoxy) is 1. The summed E-state index contributed by atoms with van der Waals surface area (Å²) in [6.07, 6.45) is 1.25. The van der Waals surface area contributed by atoms with Crippen LogP contribution in [0, 0.1) is 0 Å². The molecule has 4 nitrogen and oxygen atoms in total. The summed E-state index contributed by atoms with van der Waals surface area (Å²) in [7, 11) is 0. The third-order valence-corrected chi connectivity index (χ3v) is 0.898. The van der Waals surface area contributed by atoms with Crippen molar-refractivity contribution in [3.63, 3.8) is 0 Å². The van der Waals surface area contributed by atoms with Crippen molar-refractivity contribution >= 4 is 12.3 Å². The van der Waals surface area contributed by atoms with Crippen LogP contribution in [0.1, 0.15) is 0 Å². The summed E-state index contributed by atoms with van der Waals surface area (Å²) in [6, 6.07) is -0.449. The van der Waals surface area contributed by atoms with E-state index in [2.05, 4.69) is 9.73 Å². The molecule has 1 unspecified atom stereocenters. The van der Waals surface area contributed by atoms with Gasteiger partial charge in [-0.25, -0.2) is 4.99 Å². The molecule has 1 heterocycles. The molecular weight excluding hydrogens is 108 g/mol. The molecule has 1 rings (SSSR count). The minimum absolute atomic E-state index is 0.301. The number of nitrogens with zero attached hydrogens (tertiary/aromatic N) is 1. The first-order valence-electron chi connectivity index (χ1n) is 2.23. The molecule has 0 aliphatic carbocycles. The Labute approximate surface area is 46.3 Å².